The van der Waals surface area contributed by atoms with Gasteiger partial charge in [0, 0.05) is 6.07 Å². The summed E-state index contributed by atoms with van der Waals surface area (Å²) in [5.41, 5.74) is 0.836. The van der Waals surface area contributed by atoms with Crippen LogP contribution in [0.25, 0.3) is 0 Å². The molecule has 5 nitrogen and oxygen atoms in total. The number of benzene rings is 2. The average Bonchev–Trinajstić information content (AvgIpc) is 2.68. The molecular weight excluding hydrogens is 425 g/mol. The number of halogens is 3. The van der Waals surface area contributed by atoms with E-state index in [0.717, 1.165) is 5.56 Å². The van der Waals surface area contributed by atoms with Crippen LogP contribution >= 0.6 is 34.8 Å². The third kappa shape index (κ3) is 6.30. The topological polar surface area (TPSA) is 64.6 Å². The van der Waals surface area contributed by atoms with E-state index in [9.17, 15) is 9.59 Å². The van der Waals surface area contributed by atoms with Crippen molar-refractivity contribution in [2.24, 2.45) is 5.92 Å². The molecule has 1 N–H and O–H groups in total. The van der Waals surface area contributed by atoms with Gasteiger partial charge in [0.15, 0.2) is 5.75 Å². The maximum Gasteiger partial charge on any atom is 0.408 e. The number of ether oxygens (including phenoxy) is 2. The third-order valence-electron chi connectivity index (χ3n) is 4.14. The van der Waals surface area contributed by atoms with Gasteiger partial charge in [0.2, 0.25) is 0 Å². The molecule has 0 aliphatic carbocycles. The number of hydrogen-bond donors (Lipinski definition) is 1. The van der Waals surface area contributed by atoms with Crippen LogP contribution in [0.1, 0.15) is 25.8 Å². The highest BCUT2D eigenvalue weighted by Crippen LogP contribution is 2.34. The highest BCUT2D eigenvalue weighted by Gasteiger charge is 2.29. The molecule has 2 aromatic rings. The van der Waals surface area contributed by atoms with Crippen LogP contribution in [0.15, 0.2) is 42.5 Å². The summed E-state index contributed by atoms with van der Waals surface area (Å²) in [4.78, 5) is 24.8. The van der Waals surface area contributed by atoms with Crippen LogP contribution in [0.4, 0.5) is 4.79 Å². The predicted molar refractivity (Wildman–Crippen MR) is 110 cm³/mol. The molecule has 8 heteroatoms. The second-order valence-corrected chi connectivity index (χ2v) is 7.41. The smallest absolute Gasteiger partial charge is 0.408 e. The Bertz CT molecular complexity index is 830. The molecule has 150 valence electrons. The van der Waals surface area contributed by atoms with E-state index in [2.05, 4.69) is 5.32 Å². The molecule has 0 fully saturated rings. The SMILES string of the molecule is CCC(C)[C@H](NC(=O)OCc1ccccc1)C(=O)Oc1cc(Cl)c(Cl)cc1Cl. The van der Waals surface area contributed by atoms with Crippen LogP contribution < -0.4 is 10.1 Å². The first-order chi connectivity index (χ1) is 13.3. The number of alkyl carbamates (subject to hydrolysis) is 1. The Kier molecular flexibility index (Phi) is 8.42. The van der Waals surface area contributed by atoms with E-state index in [-0.39, 0.29) is 33.3 Å². The van der Waals surface area contributed by atoms with E-state index < -0.39 is 18.1 Å². The Hall–Kier alpha value is -1.95. The van der Waals surface area contributed by atoms with Gasteiger partial charge < -0.3 is 14.8 Å². The summed E-state index contributed by atoms with van der Waals surface area (Å²) in [5.74, 6) is -0.807. The minimum atomic E-state index is -0.918. The zero-order valence-corrected chi connectivity index (χ0v) is 17.6. The Morgan fingerprint density at radius 3 is 2.32 bits per heavy atom. The molecule has 0 aliphatic rings. The van der Waals surface area contributed by atoms with Gasteiger partial charge in [0.1, 0.15) is 12.6 Å². The molecule has 2 aromatic carbocycles. The van der Waals surface area contributed by atoms with Crippen LogP contribution in [0.5, 0.6) is 5.75 Å². The molecule has 0 aromatic heterocycles. The van der Waals surface area contributed by atoms with E-state index in [1.165, 1.54) is 12.1 Å². The van der Waals surface area contributed by atoms with Gasteiger partial charge in [-0.15, -0.1) is 0 Å². The van der Waals surface area contributed by atoms with E-state index in [1.807, 2.05) is 44.2 Å². The Balaban J connectivity index is 2.04. The number of amides is 1. The summed E-state index contributed by atoms with van der Waals surface area (Å²) in [6.07, 6.45) is -0.0836. The Morgan fingerprint density at radius 1 is 1.04 bits per heavy atom. The predicted octanol–water partition coefficient (Wildman–Crippen LogP) is 5.89. The zero-order valence-electron chi connectivity index (χ0n) is 15.4. The van der Waals surface area contributed by atoms with Crippen molar-refractivity contribution >= 4 is 46.9 Å². The monoisotopic (exact) mass is 443 g/mol. The molecule has 0 heterocycles. The van der Waals surface area contributed by atoms with Crippen molar-refractivity contribution in [3.63, 3.8) is 0 Å². The molecule has 0 saturated carbocycles. The fourth-order valence-corrected chi connectivity index (χ4v) is 2.89. The van der Waals surface area contributed by atoms with Crippen LogP contribution in [0, 0.1) is 5.92 Å². The van der Waals surface area contributed by atoms with Gasteiger partial charge in [-0.25, -0.2) is 9.59 Å². The van der Waals surface area contributed by atoms with Crippen molar-refractivity contribution in [1.29, 1.82) is 0 Å². The summed E-state index contributed by atoms with van der Waals surface area (Å²) in [6.45, 7) is 3.81. The normalized spacial score (nSPS) is 12.8. The molecule has 0 bridgehead atoms. The minimum Gasteiger partial charge on any atom is -0.445 e. The van der Waals surface area contributed by atoms with Crippen molar-refractivity contribution in [2.45, 2.75) is 32.9 Å². The second-order valence-electron chi connectivity index (χ2n) is 6.19. The first-order valence-corrected chi connectivity index (χ1v) is 9.78. The third-order valence-corrected chi connectivity index (χ3v) is 5.16. The van der Waals surface area contributed by atoms with E-state index in [1.54, 1.807) is 0 Å². The zero-order chi connectivity index (χ0) is 20.7. The van der Waals surface area contributed by atoms with Gasteiger partial charge in [-0.2, -0.15) is 0 Å². The first-order valence-electron chi connectivity index (χ1n) is 8.65. The maximum atomic E-state index is 12.6. The van der Waals surface area contributed by atoms with Crippen molar-refractivity contribution in [3.05, 3.63) is 63.1 Å². The summed E-state index contributed by atoms with van der Waals surface area (Å²) in [7, 11) is 0. The number of carbonyl (C=O) groups is 2. The number of carbonyl (C=O) groups excluding carboxylic acids is 2. The van der Waals surface area contributed by atoms with Gasteiger partial charge in [0.05, 0.1) is 15.1 Å². The van der Waals surface area contributed by atoms with E-state index >= 15 is 0 Å². The quantitative estimate of drug-likeness (QED) is 0.328. The lowest BCUT2D eigenvalue weighted by molar-refractivity contribution is -0.138. The summed E-state index contributed by atoms with van der Waals surface area (Å²) in [6, 6.07) is 11.0. The van der Waals surface area contributed by atoms with Crippen LogP contribution in [0.2, 0.25) is 15.1 Å². The summed E-state index contributed by atoms with van der Waals surface area (Å²) in [5, 5.41) is 3.14. The minimum absolute atomic E-state index is 0.0637. The fourth-order valence-electron chi connectivity index (χ4n) is 2.32. The number of hydrogen-bond acceptors (Lipinski definition) is 4. The summed E-state index contributed by atoms with van der Waals surface area (Å²) < 4.78 is 10.5. The molecular formula is C20H20Cl3NO4. The van der Waals surface area contributed by atoms with Gasteiger partial charge in [-0.1, -0.05) is 85.4 Å². The fraction of sp³-hybridized carbons (Fsp3) is 0.300. The Labute approximate surface area is 178 Å². The van der Waals surface area contributed by atoms with Crippen molar-refractivity contribution in [2.75, 3.05) is 0 Å². The molecule has 0 spiro atoms. The van der Waals surface area contributed by atoms with E-state index in [0.29, 0.717) is 6.42 Å². The van der Waals surface area contributed by atoms with Crippen LogP contribution in [-0.4, -0.2) is 18.1 Å². The molecule has 1 unspecified atom stereocenters. The Morgan fingerprint density at radius 2 is 1.68 bits per heavy atom. The second kappa shape index (κ2) is 10.6. The van der Waals surface area contributed by atoms with Gasteiger partial charge in [0.25, 0.3) is 0 Å². The molecule has 2 atom stereocenters. The lowest BCUT2D eigenvalue weighted by Crippen LogP contribution is -2.47. The molecule has 0 saturated heterocycles. The first kappa shape index (κ1) is 22.3. The van der Waals surface area contributed by atoms with Gasteiger partial charge >= 0.3 is 12.1 Å². The highest BCUT2D eigenvalue weighted by atomic mass is 35.5. The molecule has 1 amide bonds. The maximum absolute atomic E-state index is 12.6. The standard InChI is InChI=1S/C20H20Cl3NO4/c1-3-12(2)18(24-20(26)27-11-13-7-5-4-6-8-13)19(25)28-17-10-15(22)14(21)9-16(17)23/h4-10,12,18H,3,11H2,1-2H3,(H,24,26)/t12?,18-/m0/s1. The van der Waals surface area contributed by atoms with Crippen molar-refractivity contribution in [1.82, 2.24) is 5.32 Å². The van der Waals surface area contributed by atoms with Crippen LogP contribution in [-0.2, 0) is 16.1 Å². The average molecular weight is 445 g/mol. The molecule has 28 heavy (non-hydrogen) atoms. The molecule has 0 aliphatic heterocycles. The largest absolute Gasteiger partial charge is 0.445 e. The summed E-state index contributed by atoms with van der Waals surface area (Å²) >= 11 is 17.9. The van der Waals surface area contributed by atoms with Crippen molar-refractivity contribution in [3.8, 4) is 5.75 Å². The number of nitrogens with one attached hydrogen (secondary N) is 1. The molecule has 2 rings (SSSR count). The van der Waals surface area contributed by atoms with Crippen molar-refractivity contribution < 1.29 is 19.1 Å². The lowest BCUT2D eigenvalue weighted by atomic mass is 9.99. The van der Waals surface area contributed by atoms with Gasteiger partial charge in [-0.3, -0.25) is 0 Å². The number of esters is 1. The van der Waals surface area contributed by atoms with Gasteiger partial charge in [-0.05, 0) is 17.5 Å². The molecule has 0 radical (unpaired) electrons. The van der Waals surface area contributed by atoms with E-state index in [4.69, 9.17) is 44.3 Å². The highest BCUT2D eigenvalue weighted by molar-refractivity contribution is 6.43. The van der Waals surface area contributed by atoms with Crippen LogP contribution in [0.3, 0.4) is 0 Å². The lowest BCUT2D eigenvalue weighted by Gasteiger charge is -2.22. The number of rotatable bonds is 7.